The van der Waals surface area contributed by atoms with Crippen LogP contribution in [0.1, 0.15) is 37.3 Å². The van der Waals surface area contributed by atoms with Crippen molar-refractivity contribution in [3.8, 4) is 0 Å². The molecule has 0 saturated carbocycles. The molecule has 1 aliphatic heterocycles. The quantitative estimate of drug-likeness (QED) is 0.752. The molecule has 1 atom stereocenters. The van der Waals surface area contributed by atoms with Crippen LogP contribution >= 0.6 is 0 Å². The van der Waals surface area contributed by atoms with E-state index < -0.39 is 11.6 Å². The minimum Gasteiger partial charge on any atom is -0.310 e. The molecule has 1 saturated heterocycles. The summed E-state index contributed by atoms with van der Waals surface area (Å²) in [6, 6.07) is 4.36. The monoisotopic (exact) mass is 211 g/mol. The lowest BCUT2D eigenvalue weighted by atomic mass is 10.0. The zero-order chi connectivity index (χ0) is 10.7. The molecule has 1 aliphatic rings. The molecule has 1 nitrogen and oxygen atoms in total. The van der Waals surface area contributed by atoms with Crippen LogP contribution in [-0.2, 0) is 0 Å². The van der Waals surface area contributed by atoms with Crippen LogP contribution in [-0.4, -0.2) is 6.54 Å². The molecule has 1 aromatic rings. The number of rotatable bonds is 1. The molecule has 0 bridgehead atoms. The van der Waals surface area contributed by atoms with Crippen molar-refractivity contribution >= 4 is 0 Å². The summed E-state index contributed by atoms with van der Waals surface area (Å²) in [7, 11) is 0. The van der Waals surface area contributed by atoms with Crippen LogP contribution in [0.2, 0.25) is 0 Å². The van der Waals surface area contributed by atoms with Gasteiger partial charge in [-0.2, -0.15) is 0 Å². The van der Waals surface area contributed by atoms with E-state index in [1.807, 2.05) is 0 Å². The minimum absolute atomic E-state index is 0.183. The van der Waals surface area contributed by atoms with Gasteiger partial charge in [-0.25, -0.2) is 8.78 Å². The maximum Gasteiger partial charge on any atom is 0.159 e. The second-order valence-electron chi connectivity index (χ2n) is 4.03. The standard InChI is InChI=1S/C12H15F2N/c13-10-6-5-9(8-11(10)14)12-4-2-1-3-7-15-12/h5-6,8,12,15H,1-4,7H2. The molecule has 0 amide bonds. The van der Waals surface area contributed by atoms with Crippen molar-refractivity contribution in [2.75, 3.05) is 6.54 Å². The summed E-state index contributed by atoms with van der Waals surface area (Å²) in [5.74, 6) is -1.52. The molecule has 1 fully saturated rings. The Balaban J connectivity index is 2.16. The number of hydrogen-bond acceptors (Lipinski definition) is 1. The lowest BCUT2D eigenvalue weighted by Crippen LogP contribution is -2.20. The number of benzene rings is 1. The molecule has 1 aromatic carbocycles. The van der Waals surface area contributed by atoms with E-state index in [1.165, 1.54) is 25.0 Å². The van der Waals surface area contributed by atoms with Crippen molar-refractivity contribution in [3.63, 3.8) is 0 Å². The van der Waals surface area contributed by atoms with Crippen LogP contribution in [0.15, 0.2) is 18.2 Å². The van der Waals surface area contributed by atoms with Crippen LogP contribution in [0.25, 0.3) is 0 Å². The predicted octanol–water partition coefficient (Wildman–Crippen LogP) is 3.17. The molecule has 2 rings (SSSR count). The Kier molecular flexibility index (Phi) is 3.31. The van der Waals surface area contributed by atoms with E-state index in [2.05, 4.69) is 5.32 Å². The molecule has 0 aromatic heterocycles. The van der Waals surface area contributed by atoms with Gasteiger partial charge in [-0.3, -0.25) is 0 Å². The summed E-state index contributed by atoms with van der Waals surface area (Å²) >= 11 is 0. The van der Waals surface area contributed by atoms with Gasteiger partial charge in [0.2, 0.25) is 0 Å². The van der Waals surface area contributed by atoms with Crippen LogP contribution in [0, 0.1) is 11.6 Å². The van der Waals surface area contributed by atoms with E-state index in [-0.39, 0.29) is 6.04 Å². The second-order valence-corrected chi connectivity index (χ2v) is 4.03. The smallest absolute Gasteiger partial charge is 0.159 e. The molecule has 82 valence electrons. The van der Waals surface area contributed by atoms with E-state index in [0.717, 1.165) is 24.9 Å². The highest BCUT2D eigenvalue weighted by molar-refractivity contribution is 5.21. The first-order valence-electron chi connectivity index (χ1n) is 5.46. The Bertz CT molecular complexity index is 330. The fourth-order valence-electron chi connectivity index (χ4n) is 2.04. The topological polar surface area (TPSA) is 12.0 Å². The van der Waals surface area contributed by atoms with Crippen LogP contribution in [0.5, 0.6) is 0 Å². The van der Waals surface area contributed by atoms with E-state index in [9.17, 15) is 8.78 Å². The van der Waals surface area contributed by atoms with Crippen molar-refractivity contribution < 1.29 is 8.78 Å². The lowest BCUT2D eigenvalue weighted by Gasteiger charge is -2.16. The summed E-state index contributed by atoms with van der Waals surface area (Å²) in [6.45, 7) is 0.962. The second kappa shape index (κ2) is 4.71. The van der Waals surface area contributed by atoms with Crippen LogP contribution in [0.3, 0.4) is 0 Å². The van der Waals surface area contributed by atoms with Gasteiger partial charge in [0.1, 0.15) is 0 Å². The van der Waals surface area contributed by atoms with Gasteiger partial charge in [0.25, 0.3) is 0 Å². The normalized spacial score (nSPS) is 22.4. The Hall–Kier alpha value is -0.960. The minimum atomic E-state index is -0.771. The summed E-state index contributed by atoms with van der Waals surface area (Å²) < 4.78 is 25.8. The van der Waals surface area contributed by atoms with Gasteiger partial charge in [0, 0.05) is 6.04 Å². The van der Waals surface area contributed by atoms with Gasteiger partial charge in [0.15, 0.2) is 11.6 Å². The molecule has 15 heavy (non-hydrogen) atoms. The average Bonchev–Trinajstić information content (AvgIpc) is 2.50. The van der Waals surface area contributed by atoms with Gasteiger partial charge in [-0.1, -0.05) is 18.9 Å². The van der Waals surface area contributed by atoms with E-state index in [4.69, 9.17) is 0 Å². The van der Waals surface area contributed by atoms with Crippen LogP contribution < -0.4 is 5.32 Å². The zero-order valence-corrected chi connectivity index (χ0v) is 8.60. The molecule has 0 spiro atoms. The average molecular weight is 211 g/mol. The number of nitrogens with one attached hydrogen (secondary N) is 1. The Morgan fingerprint density at radius 2 is 1.93 bits per heavy atom. The number of hydrogen-bond donors (Lipinski definition) is 1. The maximum atomic E-state index is 13.0. The Morgan fingerprint density at radius 3 is 2.73 bits per heavy atom. The van der Waals surface area contributed by atoms with Gasteiger partial charge < -0.3 is 5.32 Å². The molecule has 1 unspecified atom stereocenters. The van der Waals surface area contributed by atoms with Gasteiger partial charge >= 0.3 is 0 Å². The first-order chi connectivity index (χ1) is 7.27. The molecule has 3 heteroatoms. The Morgan fingerprint density at radius 1 is 1.07 bits per heavy atom. The van der Waals surface area contributed by atoms with Gasteiger partial charge in [-0.15, -0.1) is 0 Å². The summed E-state index contributed by atoms with van der Waals surface area (Å²) in [6.07, 6.45) is 4.54. The molecule has 0 aliphatic carbocycles. The maximum absolute atomic E-state index is 13.0. The third-order valence-corrected chi connectivity index (χ3v) is 2.91. The fourth-order valence-corrected chi connectivity index (χ4v) is 2.04. The predicted molar refractivity (Wildman–Crippen MR) is 55.6 cm³/mol. The van der Waals surface area contributed by atoms with Crippen molar-refractivity contribution in [3.05, 3.63) is 35.4 Å². The largest absolute Gasteiger partial charge is 0.310 e. The summed E-state index contributed by atoms with van der Waals surface area (Å²) in [4.78, 5) is 0. The van der Waals surface area contributed by atoms with Crippen molar-refractivity contribution in [2.24, 2.45) is 0 Å². The first kappa shape index (κ1) is 10.6. The van der Waals surface area contributed by atoms with Crippen molar-refractivity contribution in [1.82, 2.24) is 5.32 Å². The summed E-state index contributed by atoms with van der Waals surface area (Å²) in [5, 5.41) is 3.36. The molecule has 1 N–H and O–H groups in total. The Labute approximate surface area is 88.5 Å². The SMILES string of the molecule is Fc1ccc(C2CCCCCN2)cc1F. The van der Waals surface area contributed by atoms with E-state index in [0.29, 0.717) is 0 Å². The highest BCUT2D eigenvalue weighted by Crippen LogP contribution is 2.23. The molecular formula is C12H15F2N. The van der Waals surface area contributed by atoms with E-state index >= 15 is 0 Å². The fraction of sp³-hybridized carbons (Fsp3) is 0.500. The molecule has 0 radical (unpaired) electrons. The highest BCUT2D eigenvalue weighted by Gasteiger charge is 2.14. The number of halogens is 2. The van der Waals surface area contributed by atoms with Gasteiger partial charge in [-0.05, 0) is 37.1 Å². The van der Waals surface area contributed by atoms with Crippen molar-refractivity contribution in [1.29, 1.82) is 0 Å². The van der Waals surface area contributed by atoms with E-state index in [1.54, 1.807) is 6.07 Å². The molecule has 1 heterocycles. The summed E-state index contributed by atoms with van der Waals surface area (Å²) in [5.41, 5.74) is 0.857. The van der Waals surface area contributed by atoms with Gasteiger partial charge in [0.05, 0.1) is 0 Å². The van der Waals surface area contributed by atoms with Crippen molar-refractivity contribution in [2.45, 2.75) is 31.7 Å². The lowest BCUT2D eigenvalue weighted by molar-refractivity contribution is 0.494. The molecular weight excluding hydrogens is 196 g/mol. The third-order valence-electron chi connectivity index (χ3n) is 2.91. The van der Waals surface area contributed by atoms with Crippen LogP contribution in [0.4, 0.5) is 8.78 Å². The highest BCUT2D eigenvalue weighted by atomic mass is 19.2. The zero-order valence-electron chi connectivity index (χ0n) is 8.60. The first-order valence-corrected chi connectivity index (χ1v) is 5.46. The third kappa shape index (κ3) is 2.53.